The predicted molar refractivity (Wildman–Crippen MR) is 111 cm³/mol. The Hall–Kier alpha value is -2.31. The number of fused-ring (bicyclic) bond motifs is 3. The lowest BCUT2D eigenvalue weighted by atomic mass is 9.97. The minimum Gasteiger partial charge on any atom is -0.494 e. The van der Waals surface area contributed by atoms with E-state index in [9.17, 15) is 4.79 Å². The number of hydrogen-bond donors (Lipinski definition) is 1. The van der Waals surface area contributed by atoms with Gasteiger partial charge in [0.1, 0.15) is 0 Å². The van der Waals surface area contributed by atoms with Crippen molar-refractivity contribution in [3.8, 4) is 5.75 Å². The molecule has 1 atom stereocenters. The number of aromatic amines is 1. The summed E-state index contributed by atoms with van der Waals surface area (Å²) in [6.07, 6.45) is 3.69. The first kappa shape index (κ1) is 20.4. The van der Waals surface area contributed by atoms with Crippen LogP contribution in [0.3, 0.4) is 0 Å². The fourth-order valence-corrected chi connectivity index (χ4v) is 3.84. The molecule has 2 aromatic heterocycles. The number of carbonyl (C=O) groups excluding carboxylic acids is 1. The summed E-state index contributed by atoms with van der Waals surface area (Å²) in [6.45, 7) is 6.57. The van der Waals surface area contributed by atoms with Crippen molar-refractivity contribution in [2.24, 2.45) is 0 Å². The van der Waals surface area contributed by atoms with E-state index in [1.54, 1.807) is 11.0 Å². The smallest absolute Gasteiger partial charge is 0.292 e. The van der Waals surface area contributed by atoms with Gasteiger partial charge in [0.05, 0.1) is 41.1 Å². The van der Waals surface area contributed by atoms with Crippen LogP contribution in [0.1, 0.15) is 48.7 Å². The number of aromatic nitrogens is 3. The summed E-state index contributed by atoms with van der Waals surface area (Å²) in [5.74, 6) is 0.459. The Bertz CT molecular complexity index is 1000. The molecule has 6 nitrogen and oxygen atoms in total. The van der Waals surface area contributed by atoms with Crippen LogP contribution in [0.15, 0.2) is 24.5 Å². The highest BCUT2D eigenvalue weighted by Gasteiger charge is 2.32. The second-order valence-electron chi connectivity index (χ2n) is 6.17. The number of nitrogens with zero attached hydrogens (tertiary/aromatic N) is 3. The van der Waals surface area contributed by atoms with Gasteiger partial charge in [-0.2, -0.15) is 0 Å². The van der Waals surface area contributed by atoms with Gasteiger partial charge in [-0.1, -0.05) is 43.1 Å². The lowest BCUT2D eigenvalue weighted by molar-refractivity contribution is 0.0665. The molecule has 1 aromatic carbocycles. The fourth-order valence-electron chi connectivity index (χ4n) is 3.47. The number of benzene rings is 1. The van der Waals surface area contributed by atoms with E-state index >= 15 is 0 Å². The highest BCUT2D eigenvalue weighted by molar-refractivity contribution is 6.45. The van der Waals surface area contributed by atoms with Crippen molar-refractivity contribution < 1.29 is 9.53 Å². The van der Waals surface area contributed by atoms with Gasteiger partial charge in [0.15, 0.2) is 5.75 Å². The molecule has 4 rings (SSSR count). The molecule has 3 aromatic rings. The molecule has 148 valence electrons. The van der Waals surface area contributed by atoms with Crippen LogP contribution in [0.4, 0.5) is 0 Å². The number of rotatable bonds is 2. The predicted octanol–water partition coefficient (Wildman–Crippen LogP) is 5.06. The van der Waals surface area contributed by atoms with E-state index in [1.165, 1.54) is 19.5 Å². The number of hydrogen-bond acceptors (Lipinski definition) is 4. The maximum absolute atomic E-state index is 12.9. The summed E-state index contributed by atoms with van der Waals surface area (Å²) in [7, 11) is 1.53. The van der Waals surface area contributed by atoms with Crippen LogP contribution in [-0.4, -0.2) is 39.4 Å². The molecule has 1 amide bonds. The summed E-state index contributed by atoms with van der Waals surface area (Å²) in [5.41, 5.74) is 2.95. The van der Waals surface area contributed by atoms with Crippen LogP contribution in [0.2, 0.25) is 10.0 Å². The SMILES string of the molecule is CC.COc1cnc(C(=O)N2CCc3[nH]c4c(Cl)c(Cl)ccc4c3C2C)nc1. The Balaban J connectivity index is 0.00000109. The van der Waals surface area contributed by atoms with E-state index in [-0.39, 0.29) is 17.8 Å². The van der Waals surface area contributed by atoms with Crippen molar-refractivity contribution in [2.75, 3.05) is 13.7 Å². The van der Waals surface area contributed by atoms with E-state index in [2.05, 4.69) is 15.0 Å². The van der Waals surface area contributed by atoms with E-state index in [0.717, 1.165) is 22.2 Å². The van der Waals surface area contributed by atoms with Gasteiger partial charge in [0, 0.05) is 29.6 Å². The van der Waals surface area contributed by atoms with Gasteiger partial charge in [-0.3, -0.25) is 4.79 Å². The topological polar surface area (TPSA) is 71.1 Å². The van der Waals surface area contributed by atoms with Crippen molar-refractivity contribution in [2.45, 2.75) is 33.2 Å². The molecule has 3 heterocycles. The highest BCUT2D eigenvalue weighted by atomic mass is 35.5. The molecule has 1 unspecified atom stereocenters. The summed E-state index contributed by atoms with van der Waals surface area (Å²) in [6, 6.07) is 3.58. The van der Waals surface area contributed by atoms with Crippen molar-refractivity contribution in [3.05, 3.63) is 51.7 Å². The second-order valence-corrected chi connectivity index (χ2v) is 6.96. The fraction of sp³-hybridized carbons (Fsp3) is 0.350. The summed E-state index contributed by atoms with van der Waals surface area (Å²) >= 11 is 12.5. The Morgan fingerprint density at radius 2 is 1.93 bits per heavy atom. The number of amides is 1. The number of nitrogens with one attached hydrogen (secondary N) is 1. The number of methoxy groups -OCH3 is 1. The molecule has 1 aliphatic rings. The molecular formula is C20H22Cl2N4O2. The molecule has 1 N–H and O–H groups in total. The molecule has 0 saturated carbocycles. The normalized spacial score (nSPS) is 15.6. The van der Waals surface area contributed by atoms with Gasteiger partial charge in [-0.15, -0.1) is 0 Å². The zero-order chi connectivity index (χ0) is 20.4. The van der Waals surface area contributed by atoms with Gasteiger partial charge >= 0.3 is 0 Å². The Kier molecular flexibility index (Phi) is 6.10. The molecule has 8 heteroatoms. The van der Waals surface area contributed by atoms with Gasteiger partial charge in [0.25, 0.3) is 5.91 Å². The minimum atomic E-state index is -0.208. The summed E-state index contributed by atoms with van der Waals surface area (Å²) in [4.78, 5) is 26.3. The zero-order valence-corrected chi connectivity index (χ0v) is 17.7. The van der Waals surface area contributed by atoms with Crippen LogP contribution < -0.4 is 4.74 Å². The van der Waals surface area contributed by atoms with Crippen molar-refractivity contribution in [1.82, 2.24) is 19.9 Å². The third kappa shape index (κ3) is 3.42. The molecule has 0 bridgehead atoms. The highest BCUT2D eigenvalue weighted by Crippen LogP contribution is 2.40. The Morgan fingerprint density at radius 3 is 2.57 bits per heavy atom. The first-order valence-electron chi connectivity index (χ1n) is 9.16. The first-order valence-corrected chi connectivity index (χ1v) is 9.92. The minimum absolute atomic E-state index is 0.136. The number of ether oxygens (including phenoxy) is 1. The van der Waals surface area contributed by atoms with Gasteiger partial charge < -0.3 is 14.6 Å². The lowest BCUT2D eigenvalue weighted by Gasteiger charge is -2.33. The standard InChI is InChI=1S/C18H16Cl2N4O2.C2H6/c1-9-14-11-3-4-12(19)15(20)16(11)23-13(14)5-6-24(9)18(25)17-21-7-10(26-2)8-22-17;1-2/h3-4,7-9,23H,5-6H2,1-2H3;1-2H3. The van der Waals surface area contributed by atoms with Gasteiger partial charge in [-0.05, 0) is 13.0 Å². The molecule has 1 aliphatic heterocycles. The van der Waals surface area contributed by atoms with Crippen molar-refractivity contribution in [3.63, 3.8) is 0 Å². The molecule has 0 aliphatic carbocycles. The third-order valence-electron chi connectivity index (χ3n) is 4.79. The molecule has 0 spiro atoms. The van der Waals surface area contributed by atoms with E-state index in [4.69, 9.17) is 27.9 Å². The maximum Gasteiger partial charge on any atom is 0.292 e. The van der Waals surface area contributed by atoms with E-state index in [1.807, 2.05) is 26.8 Å². The van der Waals surface area contributed by atoms with Crippen molar-refractivity contribution >= 4 is 40.0 Å². The number of halogens is 2. The van der Waals surface area contributed by atoms with Crippen LogP contribution in [0, 0.1) is 0 Å². The molecule has 0 radical (unpaired) electrons. The second kappa shape index (κ2) is 8.37. The first-order chi connectivity index (χ1) is 13.5. The zero-order valence-electron chi connectivity index (χ0n) is 16.2. The summed E-state index contributed by atoms with van der Waals surface area (Å²) < 4.78 is 5.04. The van der Waals surface area contributed by atoms with Crippen LogP contribution in [-0.2, 0) is 6.42 Å². The summed E-state index contributed by atoms with van der Waals surface area (Å²) in [5, 5.41) is 1.99. The average Bonchev–Trinajstić information content (AvgIpc) is 3.12. The van der Waals surface area contributed by atoms with E-state index in [0.29, 0.717) is 28.8 Å². The monoisotopic (exact) mass is 420 g/mol. The van der Waals surface area contributed by atoms with E-state index < -0.39 is 0 Å². The molecule has 0 saturated heterocycles. The Labute approximate surface area is 173 Å². The maximum atomic E-state index is 12.9. The lowest BCUT2D eigenvalue weighted by Crippen LogP contribution is -2.39. The van der Waals surface area contributed by atoms with Gasteiger partial charge in [0.2, 0.25) is 5.82 Å². The Morgan fingerprint density at radius 1 is 1.25 bits per heavy atom. The largest absolute Gasteiger partial charge is 0.494 e. The van der Waals surface area contributed by atoms with Crippen molar-refractivity contribution in [1.29, 1.82) is 0 Å². The number of carbonyl (C=O) groups is 1. The molecule has 28 heavy (non-hydrogen) atoms. The third-order valence-corrected chi connectivity index (χ3v) is 5.59. The van der Waals surface area contributed by atoms with Crippen LogP contribution in [0.5, 0.6) is 5.75 Å². The molecule has 0 fully saturated rings. The van der Waals surface area contributed by atoms with Crippen LogP contribution >= 0.6 is 23.2 Å². The van der Waals surface area contributed by atoms with Crippen LogP contribution in [0.25, 0.3) is 10.9 Å². The molecular weight excluding hydrogens is 399 g/mol. The van der Waals surface area contributed by atoms with Gasteiger partial charge in [-0.25, -0.2) is 9.97 Å². The quantitative estimate of drug-likeness (QED) is 0.628. The number of H-pyrrole nitrogens is 1. The average molecular weight is 421 g/mol.